The molecule has 0 aliphatic rings. The summed E-state index contributed by atoms with van der Waals surface area (Å²) in [4.78, 5) is 22.1. The number of carbonyl (C=O) groups is 1. The number of para-hydroxylation sites is 1. The van der Waals surface area contributed by atoms with Gasteiger partial charge < -0.3 is 15.5 Å². The van der Waals surface area contributed by atoms with Gasteiger partial charge in [0.15, 0.2) is 11.4 Å². The first-order valence-corrected chi connectivity index (χ1v) is 7.99. The maximum Gasteiger partial charge on any atom is 0.279 e. The molecule has 0 aliphatic heterocycles. The number of aliphatic hydroxyl groups excluding tert-OH is 1. The molecule has 1 amide bonds. The van der Waals surface area contributed by atoms with Gasteiger partial charge in [-0.1, -0.05) is 23.2 Å². The van der Waals surface area contributed by atoms with Crippen LogP contribution in [0, 0.1) is 10.1 Å². The molecule has 4 N–H and O–H groups in total. The summed E-state index contributed by atoms with van der Waals surface area (Å²) in [5.74, 6) is -1.41. The zero-order chi connectivity index (χ0) is 20.5. The van der Waals surface area contributed by atoms with Crippen molar-refractivity contribution in [2.24, 2.45) is 10.2 Å². The summed E-state index contributed by atoms with van der Waals surface area (Å²) in [6.07, 6.45) is 0.383. The first kappa shape index (κ1) is 20.8. The van der Waals surface area contributed by atoms with E-state index in [1.54, 1.807) is 30.3 Å². The molecule has 0 spiro atoms. The SMILES string of the molecule is O=C(Nc1ccccc1)/C(=C/O)N=Nc1cc([N+](=O)[O-])cc(SOOO)c1O. The lowest BCUT2D eigenvalue weighted by Crippen LogP contribution is -2.13. The fourth-order valence-electron chi connectivity index (χ4n) is 1.83. The predicted molar refractivity (Wildman–Crippen MR) is 95.7 cm³/mol. The van der Waals surface area contributed by atoms with Gasteiger partial charge in [0.1, 0.15) is 11.9 Å². The molecule has 13 heteroatoms. The van der Waals surface area contributed by atoms with Gasteiger partial charge in [-0.05, 0) is 12.1 Å². The van der Waals surface area contributed by atoms with Crippen LogP contribution in [0.15, 0.2) is 69.5 Å². The van der Waals surface area contributed by atoms with E-state index < -0.39 is 33.7 Å². The van der Waals surface area contributed by atoms with E-state index >= 15 is 0 Å². The van der Waals surface area contributed by atoms with Gasteiger partial charge in [-0.2, -0.15) is 0 Å². The highest BCUT2D eigenvalue weighted by Crippen LogP contribution is 2.41. The van der Waals surface area contributed by atoms with Crippen LogP contribution in [0.2, 0.25) is 0 Å². The highest BCUT2D eigenvalue weighted by Gasteiger charge is 2.18. The Morgan fingerprint density at radius 2 is 2.00 bits per heavy atom. The molecule has 0 fully saturated rings. The number of amides is 1. The number of non-ortho nitro benzene ring substituents is 1. The van der Waals surface area contributed by atoms with Crippen LogP contribution in [0.25, 0.3) is 0 Å². The Bertz CT molecular complexity index is 920. The third-order valence-electron chi connectivity index (χ3n) is 3.06. The van der Waals surface area contributed by atoms with E-state index in [2.05, 4.69) is 24.9 Å². The summed E-state index contributed by atoms with van der Waals surface area (Å²) >= 11 is 0.269. The molecule has 12 nitrogen and oxygen atoms in total. The summed E-state index contributed by atoms with van der Waals surface area (Å²) in [6, 6.07) is 10.1. The number of nitrogens with zero attached hydrogens (tertiary/aromatic N) is 3. The zero-order valence-electron chi connectivity index (χ0n) is 13.8. The average Bonchev–Trinajstić information content (AvgIpc) is 2.69. The van der Waals surface area contributed by atoms with Crippen molar-refractivity contribution in [1.29, 1.82) is 0 Å². The lowest BCUT2D eigenvalue weighted by Gasteiger charge is -2.05. The number of aromatic hydroxyl groups is 1. The minimum Gasteiger partial charge on any atom is -0.513 e. The molecule has 0 saturated carbocycles. The minimum absolute atomic E-state index is 0.222. The monoisotopic (exact) mass is 408 g/mol. The number of nitro groups is 1. The van der Waals surface area contributed by atoms with Crippen molar-refractivity contribution in [2.45, 2.75) is 4.90 Å². The normalized spacial score (nSPS) is 11.5. The number of aliphatic hydroxyl groups is 1. The van der Waals surface area contributed by atoms with Gasteiger partial charge in [-0.15, -0.1) is 14.6 Å². The van der Waals surface area contributed by atoms with Crippen LogP contribution in [0.5, 0.6) is 5.75 Å². The fourth-order valence-corrected chi connectivity index (χ4v) is 2.29. The van der Waals surface area contributed by atoms with Crippen LogP contribution >= 0.6 is 12.0 Å². The van der Waals surface area contributed by atoms with Crippen LogP contribution < -0.4 is 5.32 Å². The second-order valence-electron chi connectivity index (χ2n) is 4.83. The van der Waals surface area contributed by atoms with Crippen molar-refractivity contribution >= 4 is 35.0 Å². The fraction of sp³-hybridized carbons (Fsp3) is 0. The first-order valence-electron chi connectivity index (χ1n) is 7.25. The van der Waals surface area contributed by atoms with Crippen molar-refractivity contribution in [3.63, 3.8) is 0 Å². The average molecular weight is 408 g/mol. The van der Waals surface area contributed by atoms with Crippen LogP contribution in [0.4, 0.5) is 17.1 Å². The van der Waals surface area contributed by atoms with Gasteiger partial charge in [-0.25, -0.2) is 5.26 Å². The standard InChI is InChI=1S/C15H12N4O8S/c20-8-12(15(22)16-9-4-2-1-3-5-9)18-17-11-6-10(19(23)24)7-13(14(11)21)28-27-26-25/h1-8,20-21,25H,(H,16,22)/b12-8-,18-17?. The lowest BCUT2D eigenvalue weighted by molar-refractivity contribution is -0.432. The Morgan fingerprint density at radius 3 is 2.61 bits per heavy atom. The van der Waals surface area contributed by atoms with E-state index in [-0.39, 0.29) is 16.9 Å². The number of phenolic OH excluding ortho intramolecular Hbond substituents is 1. The van der Waals surface area contributed by atoms with Gasteiger partial charge >= 0.3 is 0 Å². The molecule has 2 aromatic carbocycles. The summed E-state index contributed by atoms with van der Waals surface area (Å²) in [7, 11) is 0. The molecule has 0 aromatic heterocycles. The number of azo groups is 1. The largest absolute Gasteiger partial charge is 0.513 e. The highest BCUT2D eigenvalue weighted by atomic mass is 32.2. The Balaban J connectivity index is 2.28. The van der Waals surface area contributed by atoms with E-state index in [9.17, 15) is 25.1 Å². The molecule has 0 bridgehead atoms. The van der Waals surface area contributed by atoms with E-state index in [0.29, 0.717) is 11.9 Å². The Hall–Kier alpha value is -3.52. The van der Waals surface area contributed by atoms with E-state index in [1.165, 1.54) is 0 Å². The Labute approximate surface area is 161 Å². The number of benzene rings is 2. The molecular formula is C15H12N4O8S. The van der Waals surface area contributed by atoms with Crippen LogP contribution in [-0.2, 0) is 14.2 Å². The molecule has 0 atom stereocenters. The van der Waals surface area contributed by atoms with Crippen molar-refractivity contribution in [3.05, 3.63) is 64.5 Å². The molecule has 0 heterocycles. The zero-order valence-corrected chi connectivity index (χ0v) is 14.6. The molecule has 0 radical (unpaired) electrons. The van der Waals surface area contributed by atoms with Gasteiger partial charge in [0.05, 0.1) is 21.9 Å². The quantitative estimate of drug-likeness (QED) is 0.0960. The first-order chi connectivity index (χ1) is 13.5. The number of nitrogens with one attached hydrogen (secondary N) is 1. The summed E-state index contributed by atoms with van der Waals surface area (Å²) in [5, 5.41) is 51.4. The summed E-state index contributed by atoms with van der Waals surface area (Å²) in [6.45, 7) is 0. The van der Waals surface area contributed by atoms with Gasteiger partial charge in [0.25, 0.3) is 11.6 Å². The van der Waals surface area contributed by atoms with Gasteiger partial charge in [-0.3, -0.25) is 14.9 Å². The molecule has 146 valence electrons. The van der Waals surface area contributed by atoms with E-state index in [4.69, 9.17) is 5.26 Å². The molecule has 0 unspecified atom stereocenters. The minimum atomic E-state index is -0.811. The van der Waals surface area contributed by atoms with Crippen LogP contribution in [0.3, 0.4) is 0 Å². The highest BCUT2D eigenvalue weighted by molar-refractivity contribution is 7.94. The number of hydrogen-bond donors (Lipinski definition) is 4. The second-order valence-corrected chi connectivity index (χ2v) is 5.57. The Morgan fingerprint density at radius 1 is 1.29 bits per heavy atom. The number of phenols is 1. The molecule has 2 rings (SSSR count). The third-order valence-corrected chi connectivity index (χ3v) is 3.68. The van der Waals surface area contributed by atoms with Crippen molar-refractivity contribution in [2.75, 3.05) is 5.32 Å². The van der Waals surface area contributed by atoms with Gasteiger partial charge in [0.2, 0.25) is 0 Å². The molecule has 0 saturated heterocycles. The third kappa shape index (κ3) is 5.49. The summed E-state index contributed by atoms with van der Waals surface area (Å²) < 4.78 is 4.14. The van der Waals surface area contributed by atoms with E-state index in [1.807, 2.05) is 0 Å². The van der Waals surface area contributed by atoms with Crippen molar-refractivity contribution in [1.82, 2.24) is 0 Å². The van der Waals surface area contributed by atoms with Crippen molar-refractivity contribution < 1.29 is 34.6 Å². The van der Waals surface area contributed by atoms with Gasteiger partial charge in [0, 0.05) is 17.8 Å². The number of anilines is 1. The predicted octanol–water partition coefficient (Wildman–Crippen LogP) is 3.85. The van der Waals surface area contributed by atoms with E-state index in [0.717, 1.165) is 12.1 Å². The maximum absolute atomic E-state index is 12.1. The smallest absolute Gasteiger partial charge is 0.279 e. The topological polar surface area (TPSA) is 176 Å². The van der Waals surface area contributed by atoms with Crippen LogP contribution in [0.1, 0.15) is 0 Å². The Kier molecular flexibility index (Phi) is 7.41. The number of rotatable bonds is 8. The maximum atomic E-state index is 12.1. The second kappa shape index (κ2) is 9.98. The van der Waals surface area contributed by atoms with Crippen LogP contribution in [-0.4, -0.2) is 26.3 Å². The lowest BCUT2D eigenvalue weighted by atomic mass is 10.2. The number of carbonyl (C=O) groups excluding carboxylic acids is 1. The van der Waals surface area contributed by atoms with Crippen molar-refractivity contribution in [3.8, 4) is 5.75 Å². The molecule has 0 aliphatic carbocycles. The number of nitro benzene ring substituents is 1. The molecule has 2 aromatic rings. The summed E-state index contributed by atoms with van der Waals surface area (Å²) in [5.41, 5.74) is -0.983. The molecule has 28 heavy (non-hydrogen) atoms. The molecular weight excluding hydrogens is 396 g/mol. The number of hydrogen-bond acceptors (Lipinski definition) is 11.